The average molecular weight is 745 g/mol. The second kappa shape index (κ2) is 34.3. The molecular weight excluding hydrogens is 665 g/mol. The molecule has 10 heteroatoms. The first-order valence-electron chi connectivity index (χ1n) is 20.6. The zero-order chi connectivity index (χ0) is 37.9. The van der Waals surface area contributed by atoms with Gasteiger partial charge >= 0.3 is 19.8 Å². The molecule has 2 atom stereocenters. The standard InChI is InChI=1S/C41H78NO8P/c1-6-8-10-12-14-16-18-20-21-22-24-25-27-29-31-33-40(43)47-37-39(38-49-51(45,46)48-36-35-42(3,4)5)50-41(44)34-32-30-28-26-23-19-17-15-13-11-9-7-2/h15,17,20-21,39H,6-14,16,18-19,22-38H2,1-5H3/p+1/b17-15+,21-20+/t39-/m1/s1. The lowest BCUT2D eigenvalue weighted by molar-refractivity contribution is -0.870. The smallest absolute Gasteiger partial charge is 0.462 e. The Balaban J connectivity index is 4.41. The molecule has 0 bridgehead atoms. The van der Waals surface area contributed by atoms with E-state index in [0.717, 1.165) is 70.6 Å². The lowest BCUT2D eigenvalue weighted by Gasteiger charge is -2.24. The maximum absolute atomic E-state index is 12.6. The maximum atomic E-state index is 12.6. The van der Waals surface area contributed by atoms with Gasteiger partial charge in [-0.3, -0.25) is 18.6 Å². The zero-order valence-corrected chi connectivity index (χ0v) is 34.5. The van der Waals surface area contributed by atoms with E-state index in [1.54, 1.807) is 0 Å². The molecule has 0 amide bonds. The molecule has 0 aliphatic rings. The van der Waals surface area contributed by atoms with Crippen LogP contribution in [0.25, 0.3) is 0 Å². The van der Waals surface area contributed by atoms with Crippen molar-refractivity contribution in [2.45, 2.75) is 180 Å². The number of nitrogens with zero attached hydrogens (tertiary/aromatic N) is 1. The highest BCUT2D eigenvalue weighted by molar-refractivity contribution is 7.47. The Labute approximate surface area is 313 Å². The van der Waals surface area contributed by atoms with Crippen LogP contribution >= 0.6 is 7.82 Å². The minimum Gasteiger partial charge on any atom is -0.462 e. The summed E-state index contributed by atoms with van der Waals surface area (Å²) in [5.74, 6) is -0.818. The molecule has 0 aromatic heterocycles. The number of hydrogen-bond acceptors (Lipinski definition) is 7. The summed E-state index contributed by atoms with van der Waals surface area (Å²) in [6.45, 7) is 4.37. The minimum atomic E-state index is -4.37. The molecule has 0 spiro atoms. The summed E-state index contributed by atoms with van der Waals surface area (Å²) in [6.07, 6.45) is 35.1. The summed E-state index contributed by atoms with van der Waals surface area (Å²) in [5, 5.41) is 0. The van der Waals surface area contributed by atoms with Gasteiger partial charge in [0.25, 0.3) is 0 Å². The number of likely N-dealkylation sites (N-methyl/N-ethyl adjacent to an activating group) is 1. The molecule has 0 saturated heterocycles. The topological polar surface area (TPSA) is 108 Å². The second-order valence-corrected chi connectivity index (χ2v) is 16.5. The summed E-state index contributed by atoms with van der Waals surface area (Å²) in [7, 11) is 1.47. The van der Waals surface area contributed by atoms with Crippen molar-refractivity contribution in [2.24, 2.45) is 0 Å². The molecular formula is C41H79NO8P+. The highest BCUT2D eigenvalue weighted by Gasteiger charge is 2.27. The van der Waals surface area contributed by atoms with E-state index in [9.17, 15) is 19.0 Å². The van der Waals surface area contributed by atoms with Crippen LogP contribution in [0.1, 0.15) is 174 Å². The van der Waals surface area contributed by atoms with Crippen molar-refractivity contribution in [1.82, 2.24) is 0 Å². The van der Waals surface area contributed by atoms with Crippen molar-refractivity contribution < 1.29 is 42.1 Å². The van der Waals surface area contributed by atoms with Crippen LogP contribution in [-0.2, 0) is 32.7 Å². The third-order valence-corrected chi connectivity index (χ3v) is 9.69. The monoisotopic (exact) mass is 745 g/mol. The summed E-state index contributed by atoms with van der Waals surface area (Å²) in [4.78, 5) is 35.2. The van der Waals surface area contributed by atoms with E-state index < -0.39 is 26.5 Å². The molecule has 0 saturated carbocycles. The van der Waals surface area contributed by atoms with E-state index in [4.69, 9.17) is 18.5 Å². The third kappa shape index (κ3) is 38.0. The lowest BCUT2D eigenvalue weighted by Crippen LogP contribution is -2.37. The largest absolute Gasteiger partial charge is 0.472 e. The van der Waals surface area contributed by atoms with E-state index >= 15 is 0 Å². The second-order valence-electron chi connectivity index (χ2n) is 15.0. The fourth-order valence-corrected chi connectivity index (χ4v) is 6.16. The van der Waals surface area contributed by atoms with Crippen LogP contribution in [0.3, 0.4) is 0 Å². The van der Waals surface area contributed by atoms with E-state index in [1.807, 2.05) is 21.1 Å². The van der Waals surface area contributed by atoms with Crippen molar-refractivity contribution >= 4 is 19.8 Å². The molecule has 1 N–H and O–H groups in total. The first kappa shape index (κ1) is 49.5. The molecule has 0 radical (unpaired) electrons. The minimum absolute atomic E-state index is 0.0297. The molecule has 0 aromatic rings. The van der Waals surface area contributed by atoms with Gasteiger partial charge in [0.15, 0.2) is 6.10 Å². The maximum Gasteiger partial charge on any atom is 0.472 e. The summed E-state index contributed by atoms with van der Waals surface area (Å²) in [5.41, 5.74) is 0. The number of phosphoric ester groups is 1. The van der Waals surface area contributed by atoms with Gasteiger partial charge < -0.3 is 18.9 Å². The molecule has 0 aliphatic carbocycles. The molecule has 9 nitrogen and oxygen atoms in total. The van der Waals surface area contributed by atoms with Crippen LogP contribution in [-0.4, -0.2) is 74.9 Å². The van der Waals surface area contributed by atoms with Gasteiger partial charge in [-0.15, -0.1) is 0 Å². The number of quaternary nitrogens is 1. The van der Waals surface area contributed by atoms with Crippen molar-refractivity contribution in [3.8, 4) is 0 Å². The van der Waals surface area contributed by atoms with Crippen molar-refractivity contribution in [3.63, 3.8) is 0 Å². The normalized spacial score (nSPS) is 13.9. The highest BCUT2D eigenvalue weighted by Crippen LogP contribution is 2.43. The van der Waals surface area contributed by atoms with E-state index in [0.29, 0.717) is 17.4 Å². The molecule has 1 unspecified atom stereocenters. The zero-order valence-electron chi connectivity index (χ0n) is 33.6. The number of ether oxygens (including phenoxy) is 2. The van der Waals surface area contributed by atoms with E-state index in [1.165, 1.54) is 70.6 Å². The molecule has 0 aliphatic heterocycles. The Hall–Kier alpha value is -1.51. The quantitative estimate of drug-likeness (QED) is 0.0220. The van der Waals surface area contributed by atoms with Crippen molar-refractivity contribution in [3.05, 3.63) is 24.3 Å². The lowest BCUT2D eigenvalue weighted by atomic mass is 10.1. The number of carbonyl (C=O) groups is 2. The van der Waals surface area contributed by atoms with Gasteiger partial charge in [-0.1, -0.05) is 122 Å². The Morgan fingerprint density at radius 2 is 1.00 bits per heavy atom. The number of hydrogen-bond donors (Lipinski definition) is 1. The van der Waals surface area contributed by atoms with Gasteiger partial charge in [-0.05, 0) is 64.2 Å². The van der Waals surface area contributed by atoms with Crippen molar-refractivity contribution in [2.75, 3.05) is 47.5 Å². The van der Waals surface area contributed by atoms with E-state index in [2.05, 4.69) is 38.2 Å². The van der Waals surface area contributed by atoms with Gasteiger partial charge in [-0.25, -0.2) is 4.57 Å². The third-order valence-electron chi connectivity index (χ3n) is 8.70. The number of esters is 2. The van der Waals surface area contributed by atoms with Gasteiger partial charge in [-0.2, -0.15) is 0 Å². The van der Waals surface area contributed by atoms with Crippen LogP contribution in [0.15, 0.2) is 24.3 Å². The van der Waals surface area contributed by atoms with Gasteiger partial charge in [0.05, 0.1) is 27.7 Å². The number of carbonyl (C=O) groups excluding carboxylic acids is 2. The van der Waals surface area contributed by atoms with Crippen LogP contribution in [0, 0.1) is 0 Å². The SMILES string of the molecule is CCCCC/C=C/CCCCCCCC(=O)O[C@H](COC(=O)CCCCCCC/C=C/CCCCCCCC)COP(=O)(O)OCC[N+](C)(C)C. The first-order chi connectivity index (χ1) is 24.5. The fraction of sp³-hybridized carbons (Fsp3) is 0.854. The Bertz CT molecular complexity index is 933. The predicted octanol–water partition coefficient (Wildman–Crippen LogP) is 11.2. The van der Waals surface area contributed by atoms with Gasteiger partial charge in [0.2, 0.25) is 0 Å². The average Bonchev–Trinajstić information content (AvgIpc) is 3.07. The first-order valence-corrected chi connectivity index (χ1v) is 22.1. The number of phosphoric acid groups is 1. The molecule has 300 valence electrons. The van der Waals surface area contributed by atoms with Crippen molar-refractivity contribution in [1.29, 1.82) is 0 Å². The van der Waals surface area contributed by atoms with Crippen LogP contribution in [0.5, 0.6) is 0 Å². The van der Waals surface area contributed by atoms with E-state index in [-0.39, 0.29) is 32.0 Å². The summed E-state index contributed by atoms with van der Waals surface area (Å²) >= 11 is 0. The number of unbranched alkanes of at least 4 members (excludes halogenated alkanes) is 19. The predicted molar refractivity (Wildman–Crippen MR) is 211 cm³/mol. The molecule has 0 rings (SSSR count). The summed E-state index contributed by atoms with van der Waals surface area (Å²) < 4.78 is 34.2. The Morgan fingerprint density at radius 3 is 1.49 bits per heavy atom. The Kier molecular flexibility index (Phi) is 33.3. The number of allylic oxidation sites excluding steroid dienone is 4. The van der Waals surface area contributed by atoms with Gasteiger partial charge in [0, 0.05) is 12.8 Å². The number of rotatable bonds is 37. The molecule has 51 heavy (non-hydrogen) atoms. The van der Waals surface area contributed by atoms with Crippen LogP contribution in [0.4, 0.5) is 0 Å². The highest BCUT2D eigenvalue weighted by atomic mass is 31.2. The summed E-state index contributed by atoms with van der Waals surface area (Å²) in [6, 6.07) is 0. The van der Waals surface area contributed by atoms with Gasteiger partial charge in [0.1, 0.15) is 19.8 Å². The molecule has 0 heterocycles. The van der Waals surface area contributed by atoms with Crippen LogP contribution < -0.4 is 0 Å². The van der Waals surface area contributed by atoms with Crippen LogP contribution in [0.2, 0.25) is 0 Å². The molecule has 0 fully saturated rings. The fourth-order valence-electron chi connectivity index (χ4n) is 5.41. The Morgan fingerprint density at radius 1 is 0.588 bits per heavy atom. The molecule has 0 aromatic carbocycles.